The van der Waals surface area contributed by atoms with Crippen molar-refractivity contribution in [3.8, 4) is 0 Å². The van der Waals surface area contributed by atoms with Crippen molar-refractivity contribution in [1.29, 1.82) is 0 Å². The Kier molecular flexibility index (Phi) is 5.13. The molecule has 3 nitrogen and oxygen atoms in total. The molecule has 1 aromatic carbocycles. The molecule has 1 amide bonds. The quantitative estimate of drug-likeness (QED) is 0.835. The highest BCUT2D eigenvalue weighted by Gasteiger charge is 2.31. The summed E-state index contributed by atoms with van der Waals surface area (Å²) in [5, 5.41) is 2.14. The topological polar surface area (TPSA) is 23.6 Å². The number of benzene rings is 1. The molecule has 0 bridgehead atoms. The summed E-state index contributed by atoms with van der Waals surface area (Å²) in [6, 6.07) is 12.2. The van der Waals surface area contributed by atoms with Crippen molar-refractivity contribution in [3.63, 3.8) is 0 Å². The third kappa shape index (κ3) is 3.33. The van der Waals surface area contributed by atoms with Gasteiger partial charge in [-0.2, -0.15) is 0 Å². The number of amides is 1. The molecule has 1 atom stereocenters. The molecule has 23 heavy (non-hydrogen) atoms. The number of hydrogen-bond donors (Lipinski definition) is 0. The molecule has 1 aliphatic heterocycles. The predicted molar refractivity (Wildman–Crippen MR) is 95.5 cm³/mol. The van der Waals surface area contributed by atoms with Gasteiger partial charge in [-0.05, 0) is 42.1 Å². The lowest BCUT2D eigenvalue weighted by atomic mass is 10.0. The van der Waals surface area contributed by atoms with Crippen LogP contribution in [0.3, 0.4) is 0 Å². The van der Waals surface area contributed by atoms with Crippen molar-refractivity contribution in [3.05, 3.63) is 57.8 Å². The van der Waals surface area contributed by atoms with Gasteiger partial charge in [0.05, 0.1) is 0 Å². The van der Waals surface area contributed by atoms with Crippen molar-refractivity contribution < 1.29 is 4.79 Å². The van der Waals surface area contributed by atoms with E-state index < -0.39 is 0 Å². The Morgan fingerprint density at radius 3 is 2.65 bits per heavy atom. The van der Waals surface area contributed by atoms with Crippen molar-refractivity contribution in [2.24, 2.45) is 0 Å². The van der Waals surface area contributed by atoms with Crippen molar-refractivity contribution >= 4 is 17.2 Å². The van der Waals surface area contributed by atoms with Crippen LogP contribution in [0.2, 0.25) is 0 Å². The van der Waals surface area contributed by atoms with Gasteiger partial charge in [0.15, 0.2) is 0 Å². The first kappa shape index (κ1) is 16.2. The predicted octanol–water partition coefficient (Wildman–Crippen LogP) is 3.72. The average molecular weight is 328 g/mol. The summed E-state index contributed by atoms with van der Waals surface area (Å²) in [6.07, 6.45) is 0.985. The van der Waals surface area contributed by atoms with Crippen LogP contribution in [0.1, 0.15) is 35.9 Å². The maximum Gasteiger partial charge on any atom is 0.244 e. The first-order chi connectivity index (χ1) is 11.2. The fourth-order valence-corrected chi connectivity index (χ4v) is 4.23. The summed E-state index contributed by atoms with van der Waals surface area (Å²) in [4.78, 5) is 19.0. The van der Waals surface area contributed by atoms with Gasteiger partial charge in [0.2, 0.25) is 5.91 Å². The lowest BCUT2D eigenvalue weighted by Crippen LogP contribution is -2.44. The Hall–Kier alpha value is -1.65. The minimum Gasteiger partial charge on any atom is -0.336 e. The van der Waals surface area contributed by atoms with E-state index >= 15 is 0 Å². The average Bonchev–Trinajstić information content (AvgIpc) is 3.07. The first-order valence-corrected chi connectivity index (χ1v) is 9.25. The van der Waals surface area contributed by atoms with E-state index in [1.165, 1.54) is 10.4 Å². The normalized spacial score (nSPS) is 15.5. The summed E-state index contributed by atoms with van der Waals surface area (Å²) in [5.41, 5.74) is 2.42. The Morgan fingerprint density at radius 1 is 1.22 bits per heavy atom. The summed E-state index contributed by atoms with van der Waals surface area (Å²) in [7, 11) is 0. The zero-order valence-corrected chi connectivity index (χ0v) is 14.7. The van der Waals surface area contributed by atoms with Crippen LogP contribution in [-0.4, -0.2) is 35.3 Å². The Labute approximate surface area is 142 Å². The zero-order chi connectivity index (χ0) is 16.2. The minimum atomic E-state index is -0.175. The number of carbonyl (C=O) groups is 1. The molecular weight excluding hydrogens is 304 g/mol. The third-order valence-electron chi connectivity index (χ3n) is 4.65. The van der Waals surface area contributed by atoms with Gasteiger partial charge in [-0.25, -0.2) is 0 Å². The molecule has 2 heterocycles. The van der Waals surface area contributed by atoms with E-state index in [0.29, 0.717) is 0 Å². The molecule has 0 aliphatic carbocycles. The van der Waals surface area contributed by atoms with E-state index in [4.69, 9.17) is 0 Å². The third-order valence-corrected chi connectivity index (χ3v) is 5.67. The largest absolute Gasteiger partial charge is 0.336 e. The van der Waals surface area contributed by atoms with Crippen molar-refractivity contribution in [2.75, 3.05) is 19.6 Å². The molecule has 3 rings (SSSR count). The SMILES string of the molecule is CCN(CC)C(C(=O)N1CCc2sccc2C1)c1ccccc1. The van der Waals surface area contributed by atoms with Gasteiger partial charge in [-0.1, -0.05) is 44.2 Å². The van der Waals surface area contributed by atoms with Gasteiger partial charge in [-0.15, -0.1) is 11.3 Å². The van der Waals surface area contributed by atoms with E-state index in [2.05, 4.69) is 42.3 Å². The second-order valence-electron chi connectivity index (χ2n) is 5.91. The number of thiophene rings is 1. The van der Waals surface area contributed by atoms with Crippen LogP contribution in [0.5, 0.6) is 0 Å². The number of likely N-dealkylation sites (N-methyl/N-ethyl adjacent to an activating group) is 1. The van der Waals surface area contributed by atoms with Crippen LogP contribution < -0.4 is 0 Å². The van der Waals surface area contributed by atoms with Gasteiger partial charge in [0.1, 0.15) is 6.04 Å². The molecule has 4 heteroatoms. The Bertz CT molecular complexity index is 648. The van der Waals surface area contributed by atoms with E-state index in [9.17, 15) is 4.79 Å². The minimum absolute atomic E-state index is 0.175. The van der Waals surface area contributed by atoms with E-state index in [1.54, 1.807) is 0 Å². The molecule has 0 saturated carbocycles. The Balaban J connectivity index is 1.86. The number of fused-ring (bicyclic) bond motifs is 1. The molecule has 1 aliphatic rings. The smallest absolute Gasteiger partial charge is 0.244 e. The molecule has 0 radical (unpaired) electrons. The zero-order valence-electron chi connectivity index (χ0n) is 13.9. The summed E-state index contributed by atoms with van der Waals surface area (Å²) >= 11 is 1.81. The van der Waals surface area contributed by atoms with E-state index in [0.717, 1.165) is 38.2 Å². The molecule has 2 aromatic rings. The highest BCUT2D eigenvalue weighted by atomic mass is 32.1. The van der Waals surface area contributed by atoms with Gasteiger partial charge < -0.3 is 4.90 Å². The van der Waals surface area contributed by atoms with Crippen LogP contribution in [-0.2, 0) is 17.8 Å². The van der Waals surface area contributed by atoms with E-state index in [1.807, 2.05) is 34.4 Å². The van der Waals surface area contributed by atoms with Gasteiger partial charge >= 0.3 is 0 Å². The number of hydrogen-bond acceptors (Lipinski definition) is 3. The van der Waals surface area contributed by atoms with Gasteiger partial charge in [0.25, 0.3) is 0 Å². The van der Waals surface area contributed by atoms with Gasteiger partial charge in [0, 0.05) is 18.0 Å². The van der Waals surface area contributed by atoms with Crippen LogP contribution in [0.25, 0.3) is 0 Å². The summed E-state index contributed by atoms with van der Waals surface area (Å²) < 4.78 is 0. The standard InChI is InChI=1S/C19H24N2OS/c1-3-20(4-2)18(15-8-6-5-7-9-15)19(22)21-12-10-17-16(14-21)11-13-23-17/h5-9,11,13,18H,3-4,10,12,14H2,1-2H3. The maximum absolute atomic E-state index is 13.3. The number of rotatable bonds is 5. The second-order valence-corrected chi connectivity index (χ2v) is 6.91. The van der Waals surface area contributed by atoms with Crippen molar-refractivity contribution in [2.45, 2.75) is 32.9 Å². The molecular formula is C19H24N2OS. The van der Waals surface area contributed by atoms with Gasteiger partial charge in [-0.3, -0.25) is 9.69 Å². The molecule has 1 unspecified atom stereocenters. The number of nitrogens with zero attached hydrogens (tertiary/aromatic N) is 2. The molecule has 0 spiro atoms. The Morgan fingerprint density at radius 2 is 1.96 bits per heavy atom. The van der Waals surface area contributed by atoms with E-state index in [-0.39, 0.29) is 11.9 Å². The second kappa shape index (κ2) is 7.28. The molecule has 0 fully saturated rings. The van der Waals surface area contributed by atoms with Crippen LogP contribution >= 0.6 is 11.3 Å². The van der Waals surface area contributed by atoms with Crippen LogP contribution in [0, 0.1) is 0 Å². The monoisotopic (exact) mass is 328 g/mol. The summed E-state index contributed by atoms with van der Waals surface area (Å²) in [6.45, 7) is 7.58. The lowest BCUT2D eigenvalue weighted by Gasteiger charge is -2.35. The molecule has 0 saturated heterocycles. The highest BCUT2D eigenvalue weighted by Crippen LogP contribution is 2.28. The first-order valence-electron chi connectivity index (χ1n) is 8.37. The summed E-state index contributed by atoms with van der Waals surface area (Å²) in [5.74, 6) is 0.233. The fraction of sp³-hybridized carbons (Fsp3) is 0.421. The molecule has 122 valence electrons. The van der Waals surface area contributed by atoms with Crippen molar-refractivity contribution in [1.82, 2.24) is 9.80 Å². The molecule has 0 N–H and O–H groups in total. The fourth-order valence-electron chi connectivity index (χ4n) is 3.34. The highest BCUT2D eigenvalue weighted by molar-refractivity contribution is 7.10. The van der Waals surface area contributed by atoms with Crippen LogP contribution in [0.4, 0.5) is 0 Å². The molecule has 1 aromatic heterocycles. The lowest BCUT2D eigenvalue weighted by molar-refractivity contribution is -0.138. The maximum atomic E-state index is 13.3. The number of carbonyl (C=O) groups excluding carboxylic acids is 1. The van der Waals surface area contributed by atoms with Crippen LogP contribution in [0.15, 0.2) is 41.8 Å².